The Morgan fingerprint density at radius 2 is 1.15 bits per heavy atom. The molecule has 2 aromatic carbocycles. The van der Waals surface area contributed by atoms with Crippen molar-refractivity contribution in [1.29, 1.82) is 0 Å². The van der Waals surface area contributed by atoms with E-state index in [-0.39, 0.29) is 49.0 Å². The molecule has 0 aliphatic heterocycles. The van der Waals surface area contributed by atoms with Gasteiger partial charge in [0.15, 0.2) is 0 Å². The van der Waals surface area contributed by atoms with Crippen molar-refractivity contribution in [2.24, 2.45) is 0 Å². The Hall–Kier alpha value is -0.932. The summed E-state index contributed by atoms with van der Waals surface area (Å²) in [5, 5.41) is 4.59. The quantitative estimate of drug-likeness (QED) is 0.300. The predicted molar refractivity (Wildman–Crippen MR) is 155 cm³/mol. The molecule has 0 bridgehead atoms. The minimum absolute atomic E-state index is 0. The first-order valence-corrected chi connectivity index (χ1v) is 16.8. The minimum atomic E-state index is -2.17. The molecule has 0 saturated carbocycles. The molecule has 33 heavy (non-hydrogen) atoms. The fourth-order valence-electron chi connectivity index (χ4n) is 4.85. The van der Waals surface area contributed by atoms with Crippen molar-refractivity contribution >= 4 is 31.7 Å². The number of hydrogen-bond donors (Lipinski definition) is 0. The maximum atomic E-state index is 3.98. The zero-order valence-electron chi connectivity index (χ0n) is 23.5. The molecule has 178 valence electrons. The van der Waals surface area contributed by atoms with E-state index in [1.165, 1.54) is 33.0 Å². The molecule has 0 heterocycles. The third-order valence-corrected chi connectivity index (χ3v) is 14.9. The Morgan fingerprint density at radius 3 is 1.58 bits per heavy atom. The molecule has 2 atom stereocenters. The summed E-state index contributed by atoms with van der Waals surface area (Å²) in [6.07, 6.45) is 3.98. The summed E-state index contributed by atoms with van der Waals surface area (Å²) >= 11 is 0. The van der Waals surface area contributed by atoms with E-state index >= 15 is 0 Å². The Bertz CT molecular complexity index is 1010. The van der Waals surface area contributed by atoms with Crippen LogP contribution in [0.5, 0.6) is 0 Å². The maximum absolute atomic E-state index is 3.98. The molecule has 2 unspecified atom stereocenters. The zero-order chi connectivity index (χ0) is 21.8. The fraction of sp³-hybridized carbons (Fsp3) is 0.367. The van der Waals surface area contributed by atoms with Gasteiger partial charge in [-0.2, -0.15) is 11.1 Å². The van der Waals surface area contributed by atoms with Gasteiger partial charge in [0.05, 0.1) is 8.07 Å². The number of allylic oxidation sites excluding steroid dienone is 4. The summed E-state index contributed by atoms with van der Waals surface area (Å²) in [4.78, 5) is 0. The van der Waals surface area contributed by atoms with Crippen molar-refractivity contribution in [3.63, 3.8) is 0 Å². The second kappa shape index (κ2) is 11.7. The van der Waals surface area contributed by atoms with Gasteiger partial charge < -0.3 is 22.3 Å². The molecule has 0 saturated heterocycles. The average Bonchev–Trinajstić information content (AvgIpc) is 2.84. The Kier molecular flexibility index (Phi) is 12.1. The van der Waals surface area contributed by atoms with E-state index in [2.05, 4.69) is 116 Å². The molecular formula is C30H46Si2Ti. The molecule has 0 fully saturated rings. The molecule has 3 heteroatoms. The van der Waals surface area contributed by atoms with Crippen molar-refractivity contribution in [2.75, 3.05) is 0 Å². The van der Waals surface area contributed by atoms with Crippen LogP contribution in [-0.2, 0) is 21.7 Å². The first-order valence-electron chi connectivity index (χ1n) is 10.8. The summed E-state index contributed by atoms with van der Waals surface area (Å²) in [6, 6.07) is 16.8. The molecule has 1 aliphatic carbocycles. The maximum Gasteiger partial charge on any atom is 4.00 e. The predicted octanol–water partition coefficient (Wildman–Crippen LogP) is 7.25. The average molecular weight is 511 g/mol. The van der Waals surface area contributed by atoms with Crippen LogP contribution in [0.4, 0.5) is 0 Å². The van der Waals surface area contributed by atoms with Crippen molar-refractivity contribution in [3.8, 4) is 0 Å². The van der Waals surface area contributed by atoms with E-state index in [9.17, 15) is 0 Å². The molecular weight excluding hydrogens is 464 g/mol. The van der Waals surface area contributed by atoms with Crippen LogP contribution in [0.1, 0.15) is 38.8 Å². The molecule has 0 aromatic heterocycles. The van der Waals surface area contributed by atoms with Gasteiger partial charge >= 0.3 is 21.7 Å². The van der Waals surface area contributed by atoms with Gasteiger partial charge in [0.2, 0.25) is 0 Å². The second-order valence-electron chi connectivity index (χ2n) is 10.5. The van der Waals surface area contributed by atoms with E-state index in [0.717, 1.165) is 0 Å². The summed E-state index contributed by atoms with van der Waals surface area (Å²) in [5.41, 5.74) is 6.98. The largest absolute Gasteiger partial charge is 4.00 e. The number of rotatable bonds is 4. The normalized spacial score (nSPS) is 19.3. The summed E-state index contributed by atoms with van der Waals surface area (Å²) in [7, 11) is -3.58. The van der Waals surface area contributed by atoms with Gasteiger partial charge in [-0.3, -0.25) is 6.08 Å². The Labute approximate surface area is 223 Å². The molecule has 0 N–H and O–H groups in total. The third kappa shape index (κ3) is 5.84. The third-order valence-electron chi connectivity index (χ3n) is 7.46. The molecule has 0 amide bonds. The van der Waals surface area contributed by atoms with Gasteiger partial charge in [0, 0.05) is 0 Å². The first-order chi connectivity index (χ1) is 13.3. The smallest absolute Gasteiger partial charge is 0.358 e. The van der Waals surface area contributed by atoms with Gasteiger partial charge in [-0.1, -0.05) is 121 Å². The molecule has 3 rings (SSSR count). The van der Waals surface area contributed by atoms with E-state index in [0.29, 0.717) is 0 Å². The van der Waals surface area contributed by atoms with Gasteiger partial charge in [0.1, 0.15) is 8.07 Å². The van der Waals surface area contributed by atoms with Crippen molar-refractivity contribution < 1.29 is 21.7 Å². The standard InChI is InChI=1S/C27H37Si2.3CH3.Ti/c1-19-11-13-24(14-12-19)29(10,27(6)18-21(3)22(4)23(27)5)26-16-20(2)15-25(17-26)28(7,8)9;;;;/h11-17H,1-10H3;3*1H3;/q4*-1;+4. The SMILES string of the molecule is CC1=[C-]C(C)([Si](C)(c2ccc(C)cc2)c2cc(C)cc([Si](C)(C)C)c2)C(C)=C1C.[CH3-].[CH3-].[CH3-].[Ti+4]. The number of benzene rings is 2. The van der Waals surface area contributed by atoms with Crippen molar-refractivity contribution in [2.45, 2.75) is 72.8 Å². The van der Waals surface area contributed by atoms with Crippen LogP contribution in [-0.4, -0.2) is 16.1 Å². The van der Waals surface area contributed by atoms with Crippen LogP contribution in [0, 0.1) is 42.2 Å². The van der Waals surface area contributed by atoms with Crippen LogP contribution >= 0.6 is 0 Å². The van der Waals surface area contributed by atoms with E-state index in [1.807, 2.05) is 0 Å². The number of aryl methyl sites for hydroxylation is 2. The van der Waals surface area contributed by atoms with Crippen LogP contribution in [0.3, 0.4) is 0 Å². The topological polar surface area (TPSA) is 0 Å². The van der Waals surface area contributed by atoms with Crippen molar-refractivity contribution in [3.05, 3.63) is 98.7 Å². The Balaban J connectivity index is 0. The van der Waals surface area contributed by atoms with Gasteiger partial charge in [-0.15, -0.1) is 6.92 Å². The molecule has 0 radical (unpaired) electrons. The van der Waals surface area contributed by atoms with Crippen LogP contribution < -0.4 is 15.6 Å². The number of hydrogen-bond acceptors (Lipinski definition) is 0. The fourth-order valence-corrected chi connectivity index (χ4v) is 10.9. The van der Waals surface area contributed by atoms with Crippen LogP contribution in [0.15, 0.2) is 59.2 Å². The van der Waals surface area contributed by atoms with Gasteiger partial charge in [-0.25, -0.2) is 5.57 Å². The minimum Gasteiger partial charge on any atom is -0.358 e. The van der Waals surface area contributed by atoms with E-state index in [1.54, 1.807) is 10.4 Å². The van der Waals surface area contributed by atoms with Crippen LogP contribution in [0.25, 0.3) is 0 Å². The summed E-state index contributed by atoms with van der Waals surface area (Å²) < 4.78 is 0. The first kappa shape index (κ1) is 34.2. The van der Waals surface area contributed by atoms with Gasteiger partial charge in [-0.05, 0) is 13.8 Å². The zero-order valence-corrected chi connectivity index (χ0v) is 27.1. The molecule has 0 spiro atoms. The van der Waals surface area contributed by atoms with E-state index < -0.39 is 16.1 Å². The second-order valence-corrected chi connectivity index (χ2v) is 19.9. The van der Waals surface area contributed by atoms with Gasteiger partial charge in [0.25, 0.3) is 0 Å². The Morgan fingerprint density at radius 1 is 0.667 bits per heavy atom. The van der Waals surface area contributed by atoms with Crippen molar-refractivity contribution in [1.82, 2.24) is 0 Å². The molecule has 1 aliphatic rings. The molecule has 2 aromatic rings. The van der Waals surface area contributed by atoms with E-state index in [4.69, 9.17) is 0 Å². The van der Waals surface area contributed by atoms with Crippen LogP contribution in [0.2, 0.25) is 31.2 Å². The summed E-state index contributed by atoms with van der Waals surface area (Å²) in [6.45, 7) is 23.7. The monoisotopic (exact) mass is 510 g/mol. The molecule has 0 nitrogen and oxygen atoms in total. The summed E-state index contributed by atoms with van der Waals surface area (Å²) in [5.74, 6) is 0.